The van der Waals surface area contributed by atoms with E-state index in [0.717, 1.165) is 18.4 Å². The van der Waals surface area contributed by atoms with Gasteiger partial charge in [-0.15, -0.1) is 11.3 Å². The summed E-state index contributed by atoms with van der Waals surface area (Å²) in [4.78, 5) is 11.1. The molecular weight excluding hydrogens is 174 g/mol. The van der Waals surface area contributed by atoms with Gasteiger partial charge in [-0.1, -0.05) is 0 Å². The summed E-state index contributed by atoms with van der Waals surface area (Å²) in [5, 5.41) is 10.5. The van der Waals surface area contributed by atoms with Crippen LogP contribution in [0.1, 0.15) is 21.7 Å². The predicted molar refractivity (Wildman–Crippen MR) is 48.7 cm³/mol. The molecule has 0 saturated heterocycles. The fourth-order valence-corrected chi connectivity index (χ4v) is 1.80. The molecule has 0 spiro atoms. The van der Waals surface area contributed by atoms with Crippen molar-refractivity contribution < 1.29 is 9.90 Å². The molecule has 1 aromatic rings. The molecule has 1 heterocycles. The summed E-state index contributed by atoms with van der Waals surface area (Å²) < 4.78 is 0. The standard InChI is InChI=1S/C8H11NO2S/c9-4-1-2-6-3-5-12-7(6)8(10)11/h3,5H,1-2,4,9H2,(H,10,11). The van der Waals surface area contributed by atoms with Gasteiger partial charge in [0.1, 0.15) is 4.88 Å². The molecule has 3 nitrogen and oxygen atoms in total. The summed E-state index contributed by atoms with van der Waals surface area (Å²) in [5.41, 5.74) is 6.23. The minimum absolute atomic E-state index is 0.448. The lowest BCUT2D eigenvalue weighted by molar-refractivity contribution is 0.0701. The number of hydrogen-bond acceptors (Lipinski definition) is 3. The molecular formula is C8H11NO2S. The third-order valence-electron chi connectivity index (χ3n) is 1.59. The smallest absolute Gasteiger partial charge is 0.346 e. The van der Waals surface area contributed by atoms with Gasteiger partial charge < -0.3 is 10.8 Å². The van der Waals surface area contributed by atoms with Crippen molar-refractivity contribution in [3.8, 4) is 0 Å². The highest BCUT2D eigenvalue weighted by molar-refractivity contribution is 7.12. The van der Waals surface area contributed by atoms with Crippen LogP contribution in [0.5, 0.6) is 0 Å². The number of thiophene rings is 1. The zero-order valence-corrected chi connectivity index (χ0v) is 7.43. The number of carboxylic acid groups (broad SMARTS) is 1. The molecule has 0 radical (unpaired) electrons. The first-order chi connectivity index (χ1) is 5.75. The lowest BCUT2D eigenvalue weighted by Crippen LogP contribution is -2.03. The van der Waals surface area contributed by atoms with Crippen molar-refractivity contribution in [1.82, 2.24) is 0 Å². The average Bonchev–Trinajstić information content (AvgIpc) is 2.48. The van der Waals surface area contributed by atoms with Crippen LogP contribution in [0.4, 0.5) is 0 Å². The van der Waals surface area contributed by atoms with Gasteiger partial charge in [0.15, 0.2) is 0 Å². The number of aryl methyl sites for hydroxylation is 1. The average molecular weight is 185 g/mol. The monoisotopic (exact) mass is 185 g/mol. The largest absolute Gasteiger partial charge is 0.477 e. The molecule has 1 aromatic heterocycles. The fraction of sp³-hybridized carbons (Fsp3) is 0.375. The fourth-order valence-electron chi connectivity index (χ4n) is 1.01. The maximum atomic E-state index is 10.6. The van der Waals surface area contributed by atoms with Crippen molar-refractivity contribution in [1.29, 1.82) is 0 Å². The molecule has 0 unspecified atom stereocenters. The van der Waals surface area contributed by atoms with E-state index in [1.807, 2.05) is 6.07 Å². The third kappa shape index (κ3) is 2.06. The third-order valence-corrected chi connectivity index (χ3v) is 2.54. The van der Waals surface area contributed by atoms with Crippen LogP contribution in [0.2, 0.25) is 0 Å². The molecule has 0 amide bonds. The Bertz CT molecular complexity index is 270. The Hall–Kier alpha value is -0.870. The van der Waals surface area contributed by atoms with Crippen LogP contribution in [-0.2, 0) is 6.42 Å². The van der Waals surface area contributed by atoms with E-state index in [2.05, 4.69) is 0 Å². The molecule has 4 heteroatoms. The van der Waals surface area contributed by atoms with E-state index in [1.54, 1.807) is 5.38 Å². The molecule has 0 aliphatic rings. The highest BCUT2D eigenvalue weighted by atomic mass is 32.1. The highest BCUT2D eigenvalue weighted by Gasteiger charge is 2.10. The van der Waals surface area contributed by atoms with Crippen molar-refractivity contribution in [3.63, 3.8) is 0 Å². The topological polar surface area (TPSA) is 63.3 Å². The van der Waals surface area contributed by atoms with Crippen molar-refractivity contribution in [2.45, 2.75) is 12.8 Å². The number of rotatable bonds is 4. The van der Waals surface area contributed by atoms with Gasteiger partial charge in [-0.2, -0.15) is 0 Å². The zero-order chi connectivity index (χ0) is 8.97. The minimum Gasteiger partial charge on any atom is -0.477 e. The van der Waals surface area contributed by atoms with Crippen LogP contribution in [0.3, 0.4) is 0 Å². The number of carboxylic acids is 1. The van der Waals surface area contributed by atoms with Crippen molar-refractivity contribution in [2.24, 2.45) is 5.73 Å². The molecule has 0 saturated carbocycles. The Balaban J connectivity index is 2.70. The molecule has 1 rings (SSSR count). The van der Waals surface area contributed by atoms with Gasteiger partial charge in [-0.05, 0) is 36.4 Å². The van der Waals surface area contributed by atoms with Crippen LogP contribution in [0.15, 0.2) is 11.4 Å². The molecule has 0 fully saturated rings. The molecule has 0 aliphatic heterocycles. The number of hydrogen-bond donors (Lipinski definition) is 2. The van der Waals surface area contributed by atoms with Crippen molar-refractivity contribution in [2.75, 3.05) is 6.54 Å². The Morgan fingerprint density at radius 1 is 1.67 bits per heavy atom. The molecule has 0 atom stereocenters. The van der Waals surface area contributed by atoms with Gasteiger partial charge in [0.25, 0.3) is 0 Å². The first-order valence-corrected chi connectivity index (χ1v) is 4.63. The summed E-state index contributed by atoms with van der Waals surface area (Å²) in [6, 6.07) is 1.85. The molecule has 0 aliphatic carbocycles. The molecule has 0 bridgehead atoms. The van der Waals surface area contributed by atoms with Gasteiger partial charge in [0, 0.05) is 0 Å². The van der Waals surface area contributed by atoms with Crippen molar-refractivity contribution in [3.05, 3.63) is 21.9 Å². The van der Waals surface area contributed by atoms with E-state index >= 15 is 0 Å². The van der Waals surface area contributed by atoms with Gasteiger partial charge in [0.05, 0.1) is 0 Å². The maximum absolute atomic E-state index is 10.6. The number of aromatic carboxylic acids is 1. The first-order valence-electron chi connectivity index (χ1n) is 3.75. The van der Waals surface area contributed by atoms with E-state index in [-0.39, 0.29) is 0 Å². The predicted octanol–water partition coefficient (Wildman–Crippen LogP) is 1.34. The van der Waals surface area contributed by atoms with E-state index < -0.39 is 5.97 Å². The Morgan fingerprint density at radius 2 is 2.42 bits per heavy atom. The number of nitrogens with two attached hydrogens (primary N) is 1. The quantitative estimate of drug-likeness (QED) is 0.744. The number of carbonyl (C=O) groups is 1. The van der Waals surface area contributed by atoms with Crippen LogP contribution in [0.25, 0.3) is 0 Å². The molecule has 3 N–H and O–H groups in total. The summed E-state index contributed by atoms with van der Waals surface area (Å²) in [6.45, 7) is 0.606. The first kappa shape index (κ1) is 9.22. The van der Waals surface area contributed by atoms with Crippen LogP contribution in [0, 0.1) is 0 Å². The Labute approximate surface area is 74.8 Å². The van der Waals surface area contributed by atoms with Crippen molar-refractivity contribution >= 4 is 17.3 Å². The SMILES string of the molecule is NCCCc1ccsc1C(=O)O. The van der Waals surface area contributed by atoms with Crippen LogP contribution in [-0.4, -0.2) is 17.6 Å². The van der Waals surface area contributed by atoms with E-state index in [4.69, 9.17) is 10.8 Å². The van der Waals surface area contributed by atoms with Crippen LogP contribution >= 0.6 is 11.3 Å². The summed E-state index contributed by atoms with van der Waals surface area (Å²) in [6.07, 6.45) is 1.61. The van der Waals surface area contributed by atoms with E-state index in [0.29, 0.717) is 11.4 Å². The second-order valence-corrected chi connectivity index (χ2v) is 3.39. The van der Waals surface area contributed by atoms with Gasteiger partial charge in [-0.3, -0.25) is 0 Å². The van der Waals surface area contributed by atoms with Gasteiger partial charge in [0.2, 0.25) is 0 Å². The van der Waals surface area contributed by atoms with Crippen LogP contribution < -0.4 is 5.73 Å². The summed E-state index contributed by atoms with van der Waals surface area (Å²) in [7, 11) is 0. The lowest BCUT2D eigenvalue weighted by atomic mass is 10.1. The maximum Gasteiger partial charge on any atom is 0.346 e. The van der Waals surface area contributed by atoms with E-state index in [1.165, 1.54) is 11.3 Å². The molecule has 66 valence electrons. The zero-order valence-electron chi connectivity index (χ0n) is 6.62. The normalized spacial score (nSPS) is 10.1. The Morgan fingerprint density at radius 3 is 3.00 bits per heavy atom. The lowest BCUT2D eigenvalue weighted by Gasteiger charge is -1.96. The molecule has 12 heavy (non-hydrogen) atoms. The summed E-state index contributed by atoms with van der Waals surface area (Å²) >= 11 is 1.27. The second-order valence-electron chi connectivity index (χ2n) is 2.47. The molecule has 0 aromatic carbocycles. The van der Waals surface area contributed by atoms with E-state index in [9.17, 15) is 4.79 Å². The second kappa shape index (κ2) is 4.23. The minimum atomic E-state index is -0.836. The summed E-state index contributed by atoms with van der Waals surface area (Å²) in [5.74, 6) is -0.836. The van der Waals surface area contributed by atoms with Gasteiger partial charge >= 0.3 is 5.97 Å². The Kier molecular flexibility index (Phi) is 3.25. The highest BCUT2D eigenvalue weighted by Crippen LogP contribution is 2.17. The van der Waals surface area contributed by atoms with Gasteiger partial charge in [-0.25, -0.2) is 4.79 Å².